The Kier molecular flexibility index (Phi) is 8.66. The molecule has 0 saturated heterocycles. The molecule has 0 aliphatic heterocycles. The van der Waals surface area contributed by atoms with E-state index in [1.165, 1.54) is 43.8 Å². The lowest BCUT2D eigenvalue weighted by Crippen LogP contribution is -2.03. The highest BCUT2D eigenvalue weighted by Gasteiger charge is 2.22. The van der Waals surface area contributed by atoms with Crippen LogP contribution in [-0.2, 0) is 0 Å². The molecule has 0 bridgehead atoms. The van der Waals surface area contributed by atoms with Gasteiger partial charge in [-0.05, 0) is 113 Å². The molecule has 0 saturated carbocycles. The van der Waals surface area contributed by atoms with Crippen molar-refractivity contribution in [2.75, 3.05) is 0 Å². The molecule has 8 aromatic carbocycles. The number of rotatable bonds is 6. The van der Waals surface area contributed by atoms with Crippen molar-refractivity contribution >= 4 is 43.6 Å². The largest absolute Gasteiger partial charge is 0.309 e. The molecule has 6 heteroatoms. The third kappa shape index (κ3) is 6.14. The Labute approximate surface area is 359 Å². The van der Waals surface area contributed by atoms with Gasteiger partial charge < -0.3 is 9.13 Å². The summed E-state index contributed by atoms with van der Waals surface area (Å²) in [7, 11) is 0. The number of hydrogen-bond acceptors (Lipinski definition) is 4. The summed E-state index contributed by atoms with van der Waals surface area (Å²) >= 11 is 0. The van der Waals surface area contributed by atoms with Gasteiger partial charge in [0.05, 0.1) is 39.4 Å². The quantitative estimate of drug-likeness (QED) is 0.168. The van der Waals surface area contributed by atoms with Crippen LogP contribution in [0.5, 0.6) is 0 Å². The fourth-order valence-electron chi connectivity index (χ4n) is 9.05. The van der Waals surface area contributed by atoms with E-state index < -0.39 is 0 Å². The van der Waals surface area contributed by atoms with Gasteiger partial charge in [-0.25, -0.2) is 15.0 Å². The molecule has 11 aromatic rings. The fourth-order valence-corrected chi connectivity index (χ4v) is 9.05. The van der Waals surface area contributed by atoms with Gasteiger partial charge in [0, 0.05) is 55.0 Å². The lowest BCUT2D eigenvalue weighted by atomic mass is 9.95. The van der Waals surface area contributed by atoms with E-state index in [2.05, 4.69) is 146 Å². The summed E-state index contributed by atoms with van der Waals surface area (Å²) < 4.78 is 4.68. The zero-order valence-corrected chi connectivity index (χ0v) is 34.8. The molecule has 0 unspecified atom stereocenters. The summed E-state index contributed by atoms with van der Waals surface area (Å²) in [4.78, 5) is 15.2. The monoisotopic (exact) mass is 796 g/mol. The maximum Gasteiger partial charge on any atom is 0.164 e. The van der Waals surface area contributed by atoms with Crippen LogP contribution in [0.1, 0.15) is 27.8 Å². The number of hydrogen-bond donors (Lipinski definition) is 0. The van der Waals surface area contributed by atoms with Crippen molar-refractivity contribution < 1.29 is 0 Å². The first kappa shape index (κ1) is 36.9. The maximum atomic E-state index is 10.9. The highest BCUT2D eigenvalue weighted by molar-refractivity contribution is 6.11. The summed E-state index contributed by atoms with van der Waals surface area (Å²) in [5, 5.41) is 15.7. The number of nitrogens with zero attached hydrogens (tertiary/aromatic N) is 6. The van der Waals surface area contributed by atoms with Crippen molar-refractivity contribution in [3.8, 4) is 62.7 Å². The van der Waals surface area contributed by atoms with E-state index >= 15 is 0 Å². The second kappa shape index (κ2) is 14.5. The van der Waals surface area contributed by atoms with Crippen molar-refractivity contribution in [2.24, 2.45) is 0 Å². The number of nitriles is 1. The molecule has 0 fully saturated rings. The number of aromatic nitrogens is 5. The van der Waals surface area contributed by atoms with Crippen LogP contribution in [0.3, 0.4) is 0 Å². The standard InChI is InChI=1S/C56H40N6/c1-34-15-22-49-44(27-34)45-28-35(2)16-23-50(45)61(49)42-21-19-41(33-57)43(32-42)48-31-40(56-59-54(38-11-7-5-8-12-38)58-55(60-56)39-13-9-6-10-14-39)20-26-53(48)62-51-24-17-36(3)29-46(51)47-30-37(4)18-25-52(47)62/h5-32H,1-4H3. The van der Waals surface area contributed by atoms with Gasteiger partial charge in [0.25, 0.3) is 0 Å². The van der Waals surface area contributed by atoms with Crippen molar-refractivity contribution in [1.82, 2.24) is 24.1 Å². The normalized spacial score (nSPS) is 11.5. The van der Waals surface area contributed by atoms with Crippen molar-refractivity contribution in [3.63, 3.8) is 0 Å². The third-order valence-corrected chi connectivity index (χ3v) is 12.0. The summed E-state index contributed by atoms with van der Waals surface area (Å²) in [5.41, 5.74) is 16.0. The van der Waals surface area contributed by atoms with Crippen LogP contribution in [0.25, 0.3) is 100 Å². The second-order valence-electron chi connectivity index (χ2n) is 16.4. The zero-order valence-electron chi connectivity index (χ0n) is 34.8. The second-order valence-corrected chi connectivity index (χ2v) is 16.4. The van der Waals surface area contributed by atoms with Crippen molar-refractivity contribution in [1.29, 1.82) is 5.26 Å². The molecule has 0 radical (unpaired) electrons. The molecule has 294 valence electrons. The third-order valence-electron chi connectivity index (χ3n) is 12.0. The van der Waals surface area contributed by atoms with E-state index in [9.17, 15) is 5.26 Å². The fraction of sp³-hybridized carbons (Fsp3) is 0.0714. The van der Waals surface area contributed by atoms with Crippen LogP contribution in [-0.4, -0.2) is 24.1 Å². The highest BCUT2D eigenvalue weighted by atomic mass is 15.0. The van der Waals surface area contributed by atoms with Crippen molar-refractivity contribution in [2.45, 2.75) is 27.7 Å². The molecular weight excluding hydrogens is 757 g/mol. The van der Waals surface area contributed by atoms with E-state index in [1.54, 1.807) is 0 Å². The molecule has 0 aliphatic rings. The molecule has 0 atom stereocenters. The average Bonchev–Trinajstić information content (AvgIpc) is 3.79. The summed E-state index contributed by atoms with van der Waals surface area (Å²) in [6.45, 7) is 8.57. The van der Waals surface area contributed by atoms with Crippen LogP contribution in [0.4, 0.5) is 0 Å². The lowest BCUT2D eigenvalue weighted by molar-refractivity contribution is 1.07. The molecule has 3 heterocycles. The van der Waals surface area contributed by atoms with Crippen LogP contribution in [0, 0.1) is 39.0 Å². The Morgan fingerprint density at radius 1 is 0.387 bits per heavy atom. The minimum Gasteiger partial charge on any atom is -0.309 e. The predicted octanol–water partition coefficient (Wildman–Crippen LogP) is 13.8. The van der Waals surface area contributed by atoms with Gasteiger partial charge in [0.15, 0.2) is 17.5 Å². The van der Waals surface area contributed by atoms with Gasteiger partial charge in [0.2, 0.25) is 0 Å². The molecule has 0 spiro atoms. The SMILES string of the molecule is Cc1ccc2c(c1)c1cc(C)ccc1n2-c1ccc(C#N)c(-c2cc(-c3nc(-c4ccccc4)nc(-c4ccccc4)n3)ccc2-n2c3ccc(C)cc3c3cc(C)ccc32)c1. The predicted molar refractivity (Wildman–Crippen MR) is 254 cm³/mol. The minimum absolute atomic E-state index is 0.543. The van der Waals surface area contributed by atoms with E-state index in [0.717, 1.165) is 61.3 Å². The summed E-state index contributed by atoms with van der Waals surface area (Å²) in [5.74, 6) is 1.72. The van der Waals surface area contributed by atoms with Gasteiger partial charge in [-0.3, -0.25) is 0 Å². The number of fused-ring (bicyclic) bond motifs is 6. The molecule has 0 aliphatic carbocycles. The van der Waals surface area contributed by atoms with Crippen LogP contribution >= 0.6 is 0 Å². The van der Waals surface area contributed by atoms with E-state index in [4.69, 9.17) is 15.0 Å². The van der Waals surface area contributed by atoms with Crippen molar-refractivity contribution in [3.05, 3.63) is 198 Å². The van der Waals surface area contributed by atoms with Gasteiger partial charge >= 0.3 is 0 Å². The maximum absolute atomic E-state index is 10.9. The van der Waals surface area contributed by atoms with Gasteiger partial charge in [-0.15, -0.1) is 0 Å². The van der Waals surface area contributed by atoms with Gasteiger partial charge in [0.1, 0.15) is 0 Å². The Hall–Kier alpha value is -8.14. The summed E-state index contributed by atoms with van der Waals surface area (Å²) in [6, 6.07) is 61.9. The smallest absolute Gasteiger partial charge is 0.164 e. The summed E-state index contributed by atoms with van der Waals surface area (Å²) in [6.07, 6.45) is 0. The topological polar surface area (TPSA) is 72.3 Å². The zero-order chi connectivity index (χ0) is 42.1. The Bertz CT molecular complexity index is 3450. The first-order valence-corrected chi connectivity index (χ1v) is 20.9. The van der Waals surface area contributed by atoms with E-state index in [0.29, 0.717) is 23.0 Å². The molecule has 62 heavy (non-hydrogen) atoms. The molecule has 3 aromatic heterocycles. The Morgan fingerprint density at radius 3 is 1.27 bits per heavy atom. The van der Waals surface area contributed by atoms with E-state index in [1.807, 2.05) is 66.7 Å². The van der Waals surface area contributed by atoms with Crippen LogP contribution in [0.15, 0.2) is 170 Å². The molecule has 6 nitrogen and oxygen atoms in total. The molecular formula is C56H40N6. The van der Waals surface area contributed by atoms with E-state index in [-0.39, 0.29) is 0 Å². The Morgan fingerprint density at radius 2 is 0.823 bits per heavy atom. The average molecular weight is 797 g/mol. The van der Waals surface area contributed by atoms with Gasteiger partial charge in [-0.2, -0.15) is 5.26 Å². The van der Waals surface area contributed by atoms with Crippen LogP contribution < -0.4 is 0 Å². The Balaban J connectivity index is 1.22. The number of benzene rings is 8. The highest BCUT2D eigenvalue weighted by Crippen LogP contribution is 2.41. The lowest BCUT2D eigenvalue weighted by Gasteiger charge is -2.18. The number of aryl methyl sites for hydroxylation is 4. The molecule has 0 amide bonds. The van der Waals surface area contributed by atoms with Crippen LogP contribution in [0.2, 0.25) is 0 Å². The minimum atomic E-state index is 0.543. The molecule has 0 N–H and O–H groups in total. The first-order valence-electron chi connectivity index (χ1n) is 20.9. The molecule has 11 rings (SSSR count). The first-order chi connectivity index (χ1) is 30.3. The van der Waals surface area contributed by atoms with Gasteiger partial charge in [-0.1, -0.05) is 107 Å².